The highest BCUT2D eigenvalue weighted by Gasteiger charge is 2.39. The highest BCUT2D eigenvalue weighted by molar-refractivity contribution is 6.74. The standard InChI is InChI=1S/C18H41NO3Si/c1-9-10-11-12-13-14-16(15-17(20)19(5)21-6)22-23(7,8)18(2,3)4/h16-17,20H,9-15H2,1-8H3/t16-,17?/m1/s1. The first-order chi connectivity index (χ1) is 10.5. The molecule has 0 aliphatic rings. The molecule has 1 N–H and O–H groups in total. The van der Waals surface area contributed by atoms with Crippen molar-refractivity contribution in [2.75, 3.05) is 14.2 Å². The van der Waals surface area contributed by atoms with E-state index in [4.69, 9.17) is 9.26 Å². The molecule has 0 saturated carbocycles. The third-order valence-electron chi connectivity index (χ3n) is 5.08. The molecule has 140 valence electrons. The van der Waals surface area contributed by atoms with Crippen LogP contribution in [0.5, 0.6) is 0 Å². The zero-order chi connectivity index (χ0) is 18.1. The zero-order valence-electron chi connectivity index (χ0n) is 16.8. The van der Waals surface area contributed by atoms with Crippen molar-refractivity contribution in [3.8, 4) is 0 Å². The maximum atomic E-state index is 10.3. The van der Waals surface area contributed by atoms with E-state index < -0.39 is 14.5 Å². The summed E-state index contributed by atoms with van der Waals surface area (Å²) in [5.74, 6) is 0. The fraction of sp³-hybridized carbons (Fsp3) is 1.00. The predicted octanol–water partition coefficient (Wildman–Crippen LogP) is 4.94. The summed E-state index contributed by atoms with van der Waals surface area (Å²) in [7, 11) is 1.51. The Labute approximate surface area is 145 Å². The molecule has 0 heterocycles. The van der Waals surface area contributed by atoms with Crippen LogP contribution >= 0.6 is 0 Å². The number of hydrogen-bond acceptors (Lipinski definition) is 4. The highest BCUT2D eigenvalue weighted by atomic mass is 28.4. The molecule has 0 rings (SSSR count). The van der Waals surface area contributed by atoms with Gasteiger partial charge in [-0.15, -0.1) is 0 Å². The van der Waals surface area contributed by atoms with E-state index in [2.05, 4.69) is 40.8 Å². The first kappa shape index (κ1) is 23.1. The molecular weight excluding hydrogens is 306 g/mol. The second kappa shape index (κ2) is 10.8. The predicted molar refractivity (Wildman–Crippen MR) is 101 cm³/mol. The van der Waals surface area contributed by atoms with E-state index in [1.165, 1.54) is 37.2 Å². The molecule has 5 heteroatoms. The summed E-state index contributed by atoms with van der Waals surface area (Å²) in [6, 6.07) is 0. The Kier molecular flexibility index (Phi) is 10.9. The molecule has 0 aliphatic heterocycles. The fourth-order valence-electron chi connectivity index (χ4n) is 2.30. The quantitative estimate of drug-likeness (QED) is 0.235. The summed E-state index contributed by atoms with van der Waals surface area (Å²) in [5.41, 5.74) is 0. The second-order valence-corrected chi connectivity index (χ2v) is 12.9. The lowest BCUT2D eigenvalue weighted by molar-refractivity contribution is -0.210. The molecule has 0 aromatic carbocycles. The molecule has 0 fully saturated rings. The minimum Gasteiger partial charge on any atom is -0.414 e. The number of rotatable bonds is 12. The maximum Gasteiger partial charge on any atom is 0.192 e. The first-order valence-electron chi connectivity index (χ1n) is 9.18. The average molecular weight is 348 g/mol. The van der Waals surface area contributed by atoms with Crippen LogP contribution in [0.3, 0.4) is 0 Å². The van der Waals surface area contributed by atoms with Crippen molar-refractivity contribution in [1.29, 1.82) is 0 Å². The lowest BCUT2D eigenvalue weighted by Gasteiger charge is -2.40. The number of unbranched alkanes of at least 4 members (excludes halogenated alkanes) is 4. The monoisotopic (exact) mass is 347 g/mol. The van der Waals surface area contributed by atoms with Gasteiger partial charge in [0.2, 0.25) is 0 Å². The van der Waals surface area contributed by atoms with Gasteiger partial charge < -0.3 is 14.4 Å². The van der Waals surface area contributed by atoms with Gasteiger partial charge in [-0.25, -0.2) is 0 Å². The molecule has 0 aliphatic carbocycles. The maximum absolute atomic E-state index is 10.3. The number of nitrogens with zero attached hydrogens (tertiary/aromatic N) is 1. The van der Waals surface area contributed by atoms with Crippen molar-refractivity contribution in [3.05, 3.63) is 0 Å². The van der Waals surface area contributed by atoms with Gasteiger partial charge in [-0.2, -0.15) is 5.06 Å². The van der Waals surface area contributed by atoms with Crippen LogP contribution in [0.2, 0.25) is 18.1 Å². The smallest absolute Gasteiger partial charge is 0.192 e. The Morgan fingerprint density at radius 1 is 1.09 bits per heavy atom. The Balaban J connectivity index is 4.66. The normalized spacial score (nSPS) is 15.9. The van der Waals surface area contributed by atoms with E-state index in [9.17, 15) is 5.11 Å². The fourth-order valence-corrected chi connectivity index (χ4v) is 3.70. The summed E-state index contributed by atoms with van der Waals surface area (Å²) in [4.78, 5) is 5.11. The molecule has 0 radical (unpaired) electrons. The molecule has 0 bridgehead atoms. The molecule has 2 atom stereocenters. The minimum absolute atomic E-state index is 0.102. The van der Waals surface area contributed by atoms with Crippen LogP contribution in [-0.4, -0.2) is 45.0 Å². The second-order valence-electron chi connectivity index (χ2n) is 8.15. The van der Waals surface area contributed by atoms with Crippen molar-refractivity contribution in [1.82, 2.24) is 5.06 Å². The van der Waals surface area contributed by atoms with Gasteiger partial charge in [-0.1, -0.05) is 59.8 Å². The molecule has 0 aromatic rings. The molecular formula is C18H41NO3Si. The molecule has 1 unspecified atom stereocenters. The van der Waals surface area contributed by atoms with E-state index >= 15 is 0 Å². The molecule has 0 spiro atoms. The lowest BCUT2D eigenvalue weighted by atomic mass is 10.1. The zero-order valence-corrected chi connectivity index (χ0v) is 17.8. The molecule has 0 aromatic heterocycles. The van der Waals surface area contributed by atoms with Gasteiger partial charge in [0.1, 0.15) is 6.23 Å². The van der Waals surface area contributed by atoms with Crippen molar-refractivity contribution >= 4 is 8.32 Å². The summed E-state index contributed by atoms with van der Waals surface area (Å²) >= 11 is 0. The van der Waals surface area contributed by atoms with E-state index in [0.29, 0.717) is 6.42 Å². The topological polar surface area (TPSA) is 41.9 Å². The van der Waals surface area contributed by atoms with Gasteiger partial charge >= 0.3 is 0 Å². The lowest BCUT2D eigenvalue weighted by Crippen LogP contribution is -2.45. The van der Waals surface area contributed by atoms with E-state index in [1.807, 2.05) is 0 Å². The number of hydroxylamine groups is 2. The van der Waals surface area contributed by atoms with Crippen LogP contribution in [0.4, 0.5) is 0 Å². The van der Waals surface area contributed by atoms with E-state index in [1.54, 1.807) is 14.2 Å². The Morgan fingerprint density at radius 2 is 1.65 bits per heavy atom. The molecule has 4 nitrogen and oxygen atoms in total. The number of aliphatic hydroxyl groups excluding tert-OH is 1. The van der Waals surface area contributed by atoms with Crippen molar-refractivity contribution in [2.24, 2.45) is 0 Å². The van der Waals surface area contributed by atoms with Crippen LogP contribution < -0.4 is 0 Å². The van der Waals surface area contributed by atoms with Gasteiger partial charge in [0.05, 0.1) is 7.11 Å². The Hall–Kier alpha value is 0.0569. The minimum atomic E-state index is -1.83. The van der Waals surface area contributed by atoms with Crippen LogP contribution in [0.25, 0.3) is 0 Å². The van der Waals surface area contributed by atoms with E-state index in [0.717, 1.165) is 6.42 Å². The van der Waals surface area contributed by atoms with Crippen molar-refractivity contribution in [3.63, 3.8) is 0 Å². The Morgan fingerprint density at radius 3 is 2.13 bits per heavy atom. The SMILES string of the molecule is CCCCCCC[C@H](CC(O)N(C)OC)O[Si](C)(C)C(C)(C)C. The largest absolute Gasteiger partial charge is 0.414 e. The molecule has 0 amide bonds. The van der Waals surface area contributed by atoms with Gasteiger partial charge in [0.15, 0.2) is 8.32 Å². The summed E-state index contributed by atoms with van der Waals surface area (Å²) in [5, 5.41) is 12.0. The number of hydrogen-bond donors (Lipinski definition) is 1. The third-order valence-corrected chi connectivity index (χ3v) is 9.61. The first-order valence-corrected chi connectivity index (χ1v) is 12.1. The summed E-state index contributed by atoms with van der Waals surface area (Å²) in [6.07, 6.45) is 7.39. The molecule has 23 heavy (non-hydrogen) atoms. The van der Waals surface area contributed by atoms with Crippen LogP contribution in [-0.2, 0) is 9.26 Å². The van der Waals surface area contributed by atoms with E-state index in [-0.39, 0.29) is 11.1 Å². The van der Waals surface area contributed by atoms with Crippen LogP contribution in [0.1, 0.15) is 72.6 Å². The molecule has 0 saturated heterocycles. The number of aliphatic hydroxyl groups is 1. The van der Waals surface area contributed by atoms with Gasteiger partial charge in [0, 0.05) is 19.6 Å². The Bertz CT molecular complexity index is 305. The third kappa shape index (κ3) is 9.20. The van der Waals surface area contributed by atoms with Gasteiger partial charge in [-0.05, 0) is 24.6 Å². The van der Waals surface area contributed by atoms with Crippen LogP contribution in [0, 0.1) is 0 Å². The highest BCUT2D eigenvalue weighted by Crippen LogP contribution is 2.38. The van der Waals surface area contributed by atoms with Crippen molar-refractivity contribution in [2.45, 2.75) is 103 Å². The summed E-state index contributed by atoms with van der Waals surface area (Å²) in [6.45, 7) is 13.6. The summed E-state index contributed by atoms with van der Waals surface area (Å²) < 4.78 is 6.57. The van der Waals surface area contributed by atoms with Gasteiger partial charge in [-0.3, -0.25) is 0 Å². The van der Waals surface area contributed by atoms with Crippen LogP contribution in [0.15, 0.2) is 0 Å². The average Bonchev–Trinajstić information content (AvgIpc) is 2.44. The van der Waals surface area contributed by atoms with Crippen molar-refractivity contribution < 1.29 is 14.4 Å². The van der Waals surface area contributed by atoms with Gasteiger partial charge in [0.25, 0.3) is 0 Å².